The number of hydrogen-bond acceptors (Lipinski definition) is 6. The van der Waals surface area contributed by atoms with Crippen molar-refractivity contribution in [2.75, 3.05) is 0 Å². The molecule has 0 bridgehead atoms. The third kappa shape index (κ3) is 2.45. The maximum Gasteiger partial charge on any atom is 0.262 e. The molecule has 0 unspecified atom stereocenters. The predicted octanol–water partition coefficient (Wildman–Crippen LogP) is 3.18. The average Bonchev–Trinajstić information content (AvgIpc) is 3.34. The summed E-state index contributed by atoms with van der Waals surface area (Å²) in [5.41, 5.74) is 1.73. The second-order valence-corrected chi connectivity index (χ2v) is 7.32. The van der Waals surface area contributed by atoms with Crippen LogP contribution in [0.5, 0.6) is 0 Å². The van der Waals surface area contributed by atoms with Gasteiger partial charge in [0.15, 0.2) is 0 Å². The zero-order valence-electron chi connectivity index (χ0n) is 13.6. The van der Waals surface area contributed by atoms with Gasteiger partial charge in [0.25, 0.3) is 5.56 Å². The number of aromatic nitrogens is 4. The van der Waals surface area contributed by atoms with Crippen LogP contribution < -0.4 is 5.56 Å². The van der Waals surface area contributed by atoms with E-state index in [1.165, 1.54) is 27.9 Å². The summed E-state index contributed by atoms with van der Waals surface area (Å²) in [6.07, 6.45) is 4.58. The quantitative estimate of drug-likeness (QED) is 0.555. The number of nitrogens with zero attached hydrogens (tertiary/aromatic N) is 4. The van der Waals surface area contributed by atoms with Crippen molar-refractivity contribution in [2.24, 2.45) is 0 Å². The Kier molecular flexibility index (Phi) is 3.46. The van der Waals surface area contributed by atoms with E-state index in [0.29, 0.717) is 17.3 Å². The average molecular weight is 368 g/mol. The largest absolute Gasteiger partial charge is 0.337 e. The van der Waals surface area contributed by atoms with Gasteiger partial charge in [-0.25, -0.2) is 9.37 Å². The Morgan fingerprint density at radius 2 is 2.08 bits per heavy atom. The summed E-state index contributed by atoms with van der Waals surface area (Å²) >= 11 is 1.61. The lowest BCUT2D eigenvalue weighted by atomic mass is 10.2. The van der Waals surface area contributed by atoms with E-state index in [4.69, 9.17) is 4.52 Å². The lowest BCUT2D eigenvalue weighted by molar-refractivity contribution is 0.369. The molecule has 4 aromatic rings. The van der Waals surface area contributed by atoms with Crippen LogP contribution in [-0.4, -0.2) is 19.7 Å². The minimum absolute atomic E-state index is 0.0732. The Labute approximate surface area is 150 Å². The van der Waals surface area contributed by atoms with Gasteiger partial charge in [-0.3, -0.25) is 9.36 Å². The topological polar surface area (TPSA) is 73.8 Å². The normalized spacial score (nSPS) is 13.4. The van der Waals surface area contributed by atoms with Crippen molar-refractivity contribution in [3.05, 3.63) is 63.1 Å². The highest BCUT2D eigenvalue weighted by Crippen LogP contribution is 2.34. The van der Waals surface area contributed by atoms with Crippen LogP contribution in [0.1, 0.15) is 22.8 Å². The minimum atomic E-state index is -0.327. The summed E-state index contributed by atoms with van der Waals surface area (Å²) in [5, 5.41) is 4.64. The second kappa shape index (κ2) is 5.84. The van der Waals surface area contributed by atoms with Crippen LogP contribution in [0.3, 0.4) is 0 Å². The number of rotatable bonds is 3. The summed E-state index contributed by atoms with van der Waals surface area (Å²) in [7, 11) is 0. The number of hydrogen-bond donors (Lipinski definition) is 0. The monoisotopic (exact) mass is 368 g/mol. The maximum absolute atomic E-state index is 13.0. The third-order valence-electron chi connectivity index (χ3n) is 4.57. The molecule has 26 heavy (non-hydrogen) atoms. The summed E-state index contributed by atoms with van der Waals surface area (Å²) in [4.78, 5) is 23.7. The number of thiophene rings is 1. The molecule has 0 saturated heterocycles. The fraction of sp³-hybridized carbons (Fsp3) is 0.222. The molecule has 3 heterocycles. The maximum atomic E-state index is 13.0. The molecule has 1 aromatic carbocycles. The summed E-state index contributed by atoms with van der Waals surface area (Å²) in [6.45, 7) is 0.153. The molecular weight excluding hydrogens is 355 g/mol. The highest BCUT2D eigenvalue weighted by Gasteiger charge is 2.21. The van der Waals surface area contributed by atoms with Crippen LogP contribution in [0.2, 0.25) is 0 Å². The Morgan fingerprint density at radius 3 is 2.92 bits per heavy atom. The molecular formula is C18H13FN4O2S. The first-order valence-electron chi connectivity index (χ1n) is 8.27. The Bertz CT molecular complexity index is 1180. The van der Waals surface area contributed by atoms with Crippen LogP contribution in [0.4, 0.5) is 4.39 Å². The van der Waals surface area contributed by atoms with Crippen LogP contribution in [0, 0.1) is 5.82 Å². The SMILES string of the molecule is O=c1c2c3c(sc2ncn1Cc1nc(-c2ccc(F)cc2)no1)CCC3. The fourth-order valence-corrected chi connectivity index (χ4v) is 4.53. The molecule has 0 amide bonds. The molecule has 0 N–H and O–H groups in total. The van der Waals surface area contributed by atoms with Crippen molar-refractivity contribution in [3.63, 3.8) is 0 Å². The van der Waals surface area contributed by atoms with Gasteiger partial charge in [-0.15, -0.1) is 11.3 Å². The van der Waals surface area contributed by atoms with Gasteiger partial charge >= 0.3 is 0 Å². The number of fused-ring (bicyclic) bond motifs is 3. The van der Waals surface area contributed by atoms with E-state index in [-0.39, 0.29) is 17.9 Å². The molecule has 0 spiro atoms. The molecule has 5 rings (SSSR count). The molecule has 3 aromatic heterocycles. The van der Waals surface area contributed by atoms with Crippen LogP contribution >= 0.6 is 11.3 Å². The molecule has 1 aliphatic carbocycles. The molecule has 0 saturated carbocycles. The fourth-order valence-electron chi connectivity index (χ4n) is 3.31. The molecule has 0 atom stereocenters. The Morgan fingerprint density at radius 1 is 1.23 bits per heavy atom. The van der Waals surface area contributed by atoms with E-state index in [9.17, 15) is 9.18 Å². The zero-order chi connectivity index (χ0) is 17.7. The molecule has 1 aliphatic rings. The van der Waals surface area contributed by atoms with Gasteiger partial charge in [-0.1, -0.05) is 5.16 Å². The number of aryl methyl sites for hydroxylation is 2. The molecule has 6 nitrogen and oxygen atoms in total. The second-order valence-electron chi connectivity index (χ2n) is 6.23. The van der Waals surface area contributed by atoms with Gasteiger partial charge in [0.2, 0.25) is 11.7 Å². The first kappa shape index (κ1) is 15.4. The first-order valence-corrected chi connectivity index (χ1v) is 9.09. The van der Waals surface area contributed by atoms with E-state index >= 15 is 0 Å². The molecule has 0 radical (unpaired) electrons. The van der Waals surface area contributed by atoms with Crippen molar-refractivity contribution in [1.82, 2.24) is 19.7 Å². The van der Waals surface area contributed by atoms with Crippen LogP contribution in [0.25, 0.3) is 21.6 Å². The van der Waals surface area contributed by atoms with E-state index in [1.807, 2.05) is 0 Å². The highest BCUT2D eigenvalue weighted by molar-refractivity contribution is 7.18. The van der Waals surface area contributed by atoms with Gasteiger partial charge in [0.05, 0.1) is 11.7 Å². The van der Waals surface area contributed by atoms with Crippen LogP contribution in [-0.2, 0) is 19.4 Å². The molecule has 8 heteroatoms. The summed E-state index contributed by atoms with van der Waals surface area (Å²) < 4.78 is 19.8. The lowest BCUT2D eigenvalue weighted by Crippen LogP contribution is -2.21. The third-order valence-corrected chi connectivity index (χ3v) is 5.77. The summed E-state index contributed by atoms with van der Waals surface area (Å²) in [5.74, 6) is 0.338. The van der Waals surface area contributed by atoms with Crippen molar-refractivity contribution in [1.29, 1.82) is 0 Å². The minimum Gasteiger partial charge on any atom is -0.337 e. The van der Waals surface area contributed by atoms with E-state index in [2.05, 4.69) is 15.1 Å². The molecule has 130 valence electrons. The molecule has 0 aliphatic heterocycles. The van der Waals surface area contributed by atoms with E-state index in [0.717, 1.165) is 35.0 Å². The molecule has 0 fully saturated rings. The Hall–Kier alpha value is -2.87. The van der Waals surface area contributed by atoms with Gasteiger partial charge < -0.3 is 4.52 Å². The van der Waals surface area contributed by atoms with Gasteiger partial charge in [-0.05, 0) is 49.1 Å². The van der Waals surface area contributed by atoms with Crippen molar-refractivity contribution < 1.29 is 8.91 Å². The van der Waals surface area contributed by atoms with E-state index in [1.54, 1.807) is 23.5 Å². The zero-order valence-corrected chi connectivity index (χ0v) is 14.4. The van der Waals surface area contributed by atoms with Crippen LogP contribution in [0.15, 0.2) is 39.9 Å². The van der Waals surface area contributed by atoms with Crippen molar-refractivity contribution in [3.8, 4) is 11.4 Å². The van der Waals surface area contributed by atoms with Gasteiger partial charge in [0.1, 0.15) is 17.2 Å². The standard InChI is InChI=1S/C18H13FN4O2S/c19-11-6-4-10(5-7-11)16-21-14(25-22-16)8-23-9-20-17-15(18(23)24)12-2-1-3-13(12)26-17/h4-7,9H,1-3,8H2. The first-order chi connectivity index (χ1) is 12.7. The van der Waals surface area contributed by atoms with Gasteiger partial charge in [0, 0.05) is 10.4 Å². The van der Waals surface area contributed by atoms with E-state index < -0.39 is 0 Å². The van der Waals surface area contributed by atoms with Crippen molar-refractivity contribution >= 4 is 21.6 Å². The predicted molar refractivity (Wildman–Crippen MR) is 94.7 cm³/mol. The smallest absolute Gasteiger partial charge is 0.262 e. The number of halogens is 1. The van der Waals surface area contributed by atoms with Crippen molar-refractivity contribution in [2.45, 2.75) is 25.8 Å². The highest BCUT2D eigenvalue weighted by atomic mass is 32.1. The Balaban J connectivity index is 1.49. The number of benzene rings is 1. The lowest BCUT2D eigenvalue weighted by Gasteiger charge is -2.02. The summed E-state index contributed by atoms with van der Waals surface area (Å²) in [6, 6.07) is 5.84. The van der Waals surface area contributed by atoms with Gasteiger partial charge in [-0.2, -0.15) is 4.98 Å².